The van der Waals surface area contributed by atoms with Gasteiger partial charge in [-0.05, 0) is 38.3 Å². The number of aromatic nitrogens is 2. The van der Waals surface area contributed by atoms with E-state index < -0.39 is 17.6 Å². The Labute approximate surface area is 172 Å². The number of carbonyl (C=O) groups excluding carboxylic acids is 2. The number of hydrogen-bond donors (Lipinski definition) is 1. The number of rotatable bonds is 6. The predicted octanol–water partition coefficient (Wildman–Crippen LogP) is 3.71. The number of ether oxygens (including phenoxy) is 1. The molecule has 1 unspecified atom stereocenters. The van der Waals surface area contributed by atoms with Crippen molar-refractivity contribution in [3.05, 3.63) is 57.0 Å². The molecule has 3 rings (SSSR count). The summed E-state index contributed by atoms with van der Waals surface area (Å²) in [5.41, 5.74) is 2.47. The Bertz CT molecular complexity index is 1130. The number of nitrogens with zero attached hydrogens (tertiary/aromatic N) is 2. The van der Waals surface area contributed by atoms with E-state index in [9.17, 15) is 14.4 Å². The van der Waals surface area contributed by atoms with E-state index in [-0.39, 0.29) is 23.5 Å². The monoisotopic (exact) mass is 413 g/mol. The zero-order valence-corrected chi connectivity index (χ0v) is 17.6. The van der Waals surface area contributed by atoms with Crippen molar-refractivity contribution < 1.29 is 14.3 Å². The number of thiophene rings is 1. The molecule has 2 heterocycles. The fourth-order valence-electron chi connectivity index (χ4n) is 3.14. The molecule has 1 amide bonds. The highest BCUT2D eigenvalue weighted by molar-refractivity contribution is 7.17. The minimum atomic E-state index is -0.807. The maximum atomic E-state index is 13.0. The number of hydrogen-bond acceptors (Lipinski definition) is 6. The summed E-state index contributed by atoms with van der Waals surface area (Å²) in [4.78, 5) is 42.8. The van der Waals surface area contributed by atoms with Gasteiger partial charge in [-0.15, -0.1) is 11.3 Å². The van der Waals surface area contributed by atoms with Crippen LogP contribution in [0, 0.1) is 6.92 Å². The molecule has 0 bridgehead atoms. The molecule has 7 nitrogen and oxygen atoms in total. The molecule has 3 aromatic rings. The van der Waals surface area contributed by atoms with Gasteiger partial charge in [0.05, 0.1) is 23.9 Å². The minimum absolute atomic E-state index is 0.179. The Morgan fingerprint density at radius 1 is 1.31 bits per heavy atom. The number of aryl methyl sites for hydroxylation is 2. The molecular formula is C21H23N3O4S. The standard InChI is InChI=1S/C21H23N3O4S/c1-5-14-9-7-8-12(3)17(14)23-18(25)13(4)24-11-22-19-16(20(24)26)15(10-29-19)21(27)28-6-2/h7-11,13H,5-6H2,1-4H3,(H,23,25). The summed E-state index contributed by atoms with van der Waals surface area (Å²) in [7, 11) is 0. The van der Waals surface area contributed by atoms with Gasteiger partial charge < -0.3 is 10.1 Å². The molecule has 0 aliphatic heterocycles. The maximum absolute atomic E-state index is 13.0. The van der Waals surface area contributed by atoms with Crippen LogP contribution in [0.4, 0.5) is 5.69 Å². The van der Waals surface area contributed by atoms with Gasteiger partial charge in [0.15, 0.2) is 0 Å². The van der Waals surface area contributed by atoms with Crippen molar-refractivity contribution >= 4 is 39.1 Å². The van der Waals surface area contributed by atoms with Gasteiger partial charge in [0, 0.05) is 11.1 Å². The van der Waals surface area contributed by atoms with Crippen LogP contribution in [0.15, 0.2) is 34.7 Å². The van der Waals surface area contributed by atoms with E-state index in [4.69, 9.17) is 4.74 Å². The van der Waals surface area contributed by atoms with E-state index in [1.807, 2.05) is 32.0 Å². The average Bonchev–Trinajstić information content (AvgIpc) is 3.14. The smallest absolute Gasteiger partial charge is 0.339 e. The lowest BCUT2D eigenvalue weighted by Gasteiger charge is -2.18. The average molecular weight is 413 g/mol. The summed E-state index contributed by atoms with van der Waals surface area (Å²) in [6.07, 6.45) is 2.12. The van der Waals surface area contributed by atoms with Crippen LogP contribution in [0.25, 0.3) is 10.2 Å². The number of para-hydroxylation sites is 1. The highest BCUT2D eigenvalue weighted by Gasteiger charge is 2.23. The number of amides is 1. The number of carbonyl (C=O) groups is 2. The Morgan fingerprint density at radius 3 is 2.76 bits per heavy atom. The van der Waals surface area contributed by atoms with Crippen LogP contribution < -0.4 is 10.9 Å². The first-order valence-corrected chi connectivity index (χ1v) is 10.3. The topological polar surface area (TPSA) is 90.3 Å². The molecule has 1 N–H and O–H groups in total. The third-order valence-electron chi connectivity index (χ3n) is 4.80. The fourth-order valence-corrected chi connectivity index (χ4v) is 4.00. The van der Waals surface area contributed by atoms with E-state index >= 15 is 0 Å². The number of nitrogens with one attached hydrogen (secondary N) is 1. The molecule has 8 heteroatoms. The molecule has 0 aliphatic rings. The van der Waals surface area contributed by atoms with Crippen molar-refractivity contribution in [1.82, 2.24) is 9.55 Å². The number of benzene rings is 1. The third-order valence-corrected chi connectivity index (χ3v) is 5.69. The highest BCUT2D eigenvalue weighted by Crippen LogP contribution is 2.24. The van der Waals surface area contributed by atoms with E-state index in [0.29, 0.717) is 4.83 Å². The van der Waals surface area contributed by atoms with Gasteiger partial charge in [0.25, 0.3) is 5.56 Å². The second kappa shape index (κ2) is 8.57. The molecular weight excluding hydrogens is 390 g/mol. The summed E-state index contributed by atoms with van der Waals surface area (Å²) in [6, 6.07) is 5.03. The van der Waals surface area contributed by atoms with Gasteiger partial charge in [-0.1, -0.05) is 25.1 Å². The number of fused-ring (bicyclic) bond motifs is 1. The van der Waals surface area contributed by atoms with Gasteiger partial charge in [0.2, 0.25) is 5.91 Å². The van der Waals surface area contributed by atoms with Crippen molar-refractivity contribution in [3.8, 4) is 0 Å². The number of esters is 1. The fraction of sp³-hybridized carbons (Fsp3) is 0.333. The Morgan fingerprint density at radius 2 is 2.07 bits per heavy atom. The van der Waals surface area contributed by atoms with Crippen LogP contribution in [0.5, 0.6) is 0 Å². The zero-order valence-electron chi connectivity index (χ0n) is 16.8. The second-order valence-electron chi connectivity index (χ2n) is 6.63. The van der Waals surface area contributed by atoms with Crippen molar-refractivity contribution in [2.45, 2.75) is 40.2 Å². The Hall–Kier alpha value is -3.00. The molecule has 0 aliphatic carbocycles. The molecule has 2 aromatic heterocycles. The lowest BCUT2D eigenvalue weighted by atomic mass is 10.1. The van der Waals surface area contributed by atoms with Gasteiger partial charge in [-0.3, -0.25) is 14.2 Å². The maximum Gasteiger partial charge on any atom is 0.339 e. The molecule has 0 saturated heterocycles. The van der Waals surface area contributed by atoms with E-state index in [0.717, 1.165) is 23.2 Å². The lowest BCUT2D eigenvalue weighted by molar-refractivity contribution is -0.118. The quantitative estimate of drug-likeness (QED) is 0.622. The lowest BCUT2D eigenvalue weighted by Crippen LogP contribution is -2.32. The molecule has 0 spiro atoms. The van der Waals surface area contributed by atoms with Crippen LogP contribution >= 0.6 is 11.3 Å². The van der Waals surface area contributed by atoms with E-state index in [2.05, 4.69) is 10.3 Å². The highest BCUT2D eigenvalue weighted by atomic mass is 32.1. The van der Waals surface area contributed by atoms with Crippen molar-refractivity contribution in [2.24, 2.45) is 0 Å². The summed E-state index contributed by atoms with van der Waals surface area (Å²) < 4.78 is 6.27. The third kappa shape index (κ3) is 3.93. The Balaban J connectivity index is 1.97. The van der Waals surface area contributed by atoms with Crippen molar-refractivity contribution in [3.63, 3.8) is 0 Å². The van der Waals surface area contributed by atoms with Crippen LogP contribution in [-0.4, -0.2) is 28.0 Å². The molecule has 0 fully saturated rings. The van der Waals surface area contributed by atoms with Gasteiger partial charge in [0.1, 0.15) is 10.9 Å². The van der Waals surface area contributed by atoms with E-state index in [1.54, 1.807) is 19.2 Å². The van der Waals surface area contributed by atoms with Crippen LogP contribution in [0.1, 0.15) is 48.3 Å². The van der Waals surface area contributed by atoms with Crippen LogP contribution in [0.2, 0.25) is 0 Å². The minimum Gasteiger partial charge on any atom is -0.462 e. The second-order valence-corrected chi connectivity index (χ2v) is 7.49. The summed E-state index contributed by atoms with van der Waals surface area (Å²) in [6.45, 7) is 7.48. The Kier molecular flexibility index (Phi) is 6.12. The summed E-state index contributed by atoms with van der Waals surface area (Å²) >= 11 is 1.19. The molecule has 1 aromatic carbocycles. The van der Waals surface area contributed by atoms with Gasteiger partial charge in [-0.25, -0.2) is 9.78 Å². The predicted molar refractivity (Wildman–Crippen MR) is 114 cm³/mol. The molecule has 1 atom stereocenters. The SMILES string of the molecule is CCOC(=O)c1csc2ncn(C(C)C(=O)Nc3c(C)cccc3CC)c(=O)c12. The van der Waals surface area contributed by atoms with Crippen LogP contribution in [-0.2, 0) is 16.0 Å². The first kappa shape index (κ1) is 20.7. The van der Waals surface area contributed by atoms with Gasteiger partial charge >= 0.3 is 5.97 Å². The largest absolute Gasteiger partial charge is 0.462 e. The molecule has 0 radical (unpaired) electrons. The summed E-state index contributed by atoms with van der Waals surface area (Å²) in [5.74, 6) is -0.898. The van der Waals surface area contributed by atoms with Gasteiger partial charge in [-0.2, -0.15) is 0 Å². The molecule has 152 valence electrons. The molecule has 29 heavy (non-hydrogen) atoms. The first-order chi connectivity index (χ1) is 13.9. The molecule has 0 saturated carbocycles. The van der Waals surface area contributed by atoms with Crippen molar-refractivity contribution in [1.29, 1.82) is 0 Å². The summed E-state index contributed by atoms with van der Waals surface area (Å²) in [5, 5.41) is 4.68. The first-order valence-electron chi connectivity index (χ1n) is 9.43. The number of anilines is 1. The van der Waals surface area contributed by atoms with E-state index in [1.165, 1.54) is 22.2 Å². The zero-order chi connectivity index (χ0) is 21.1. The van der Waals surface area contributed by atoms with Crippen molar-refractivity contribution in [2.75, 3.05) is 11.9 Å². The normalized spacial score (nSPS) is 12.0. The van der Waals surface area contributed by atoms with Crippen LogP contribution in [0.3, 0.4) is 0 Å².